The van der Waals surface area contributed by atoms with Crippen molar-refractivity contribution in [2.45, 2.75) is 12.8 Å². The minimum Gasteiger partial charge on any atom is -0.377 e. The van der Waals surface area contributed by atoms with Crippen molar-refractivity contribution in [2.24, 2.45) is 0 Å². The summed E-state index contributed by atoms with van der Waals surface area (Å²) < 4.78 is 42.3. The van der Waals surface area contributed by atoms with Gasteiger partial charge in [0.1, 0.15) is 13.2 Å². The molecule has 1 aliphatic rings. The fourth-order valence-electron chi connectivity index (χ4n) is 2.51. The van der Waals surface area contributed by atoms with Gasteiger partial charge >= 0.3 is 5.97 Å². The summed E-state index contributed by atoms with van der Waals surface area (Å²) in [5.74, 6) is 0.496. The van der Waals surface area contributed by atoms with Crippen LogP contribution in [0.5, 0.6) is 0 Å². The molecule has 0 atom stereocenters. The first-order chi connectivity index (χ1) is 17.6. The standard InChI is InChI=1S/C23H37NO12/c1-2-5-28-6-7-29-8-9-30-10-11-31-12-13-32-14-15-33-16-17-34-18-19-35-20-23(27)36-24-21(25)3-4-22(24)26/h1H,3-20H2. The van der Waals surface area contributed by atoms with E-state index in [-0.39, 0.29) is 32.7 Å². The molecule has 0 aromatic heterocycles. The number of imide groups is 1. The van der Waals surface area contributed by atoms with Crippen LogP contribution in [0.25, 0.3) is 0 Å². The Morgan fingerprint density at radius 1 is 0.611 bits per heavy atom. The summed E-state index contributed by atoms with van der Waals surface area (Å²) in [6, 6.07) is 0. The molecule has 13 nitrogen and oxygen atoms in total. The van der Waals surface area contributed by atoms with E-state index in [1.165, 1.54) is 0 Å². The van der Waals surface area contributed by atoms with Crippen LogP contribution < -0.4 is 0 Å². The van der Waals surface area contributed by atoms with E-state index < -0.39 is 17.8 Å². The van der Waals surface area contributed by atoms with Gasteiger partial charge in [-0.3, -0.25) is 9.59 Å². The van der Waals surface area contributed by atoms with Crippen LogP contribution in [0.1, 0.15) is 12.8 Å². The molecule has 0 saturated carbocycles. The molecule has 1 heterocycles. The molecular formula is C23H37NO12. The minimum absolute atomic E-state index is 0.0454. The van der Waals surface area contributed by atoms with Crippen molar-refractivity contribution < 1.29 is 57.1 Å². The third kappa shape index (κ3) is 18.2. The lowest BCUT2D eigenvalue weighted by atomic mass is 10.4. The Balaban J connectivity index is 1.70. The molecule has 0 spiro atoms. The van der Waals surface area contributed by atoms with E-state index in [4.69, 9.17) is 44.3 Å². The lowest BCUT2D eigenvalue weighted by Crippen LogP contribution is -2.33. The van der Waals surface area contributed by atoms with E-state index in [0.29, 0.717) is 91.0 Å². The largest absolute Gasteiger partial charge is 0.377 e. The third-order valence-corrected chi connectivity index (χ3v) is 4.21. The Labute approximate surface area is 211 Å². The van der Waals surface area contributed by atoms with Gasteiger partial charge in [0.2, 0.25) is 0 Å². The van der Waals surface area contributed by atoms with Gasteiger partial charge in [0.15, 0.2) is 0 Å². The SMILES string of the molecule is C#CCOCCOCCOCCOCCOCCOCCOCCOCC(=O)ON1C(=O)CCC1=O. The number of hydroxylamine groups is 2. The molecule has 0 aromatic rings. The molecule has 0 radical (unpaired) electrons. The number of nitrogens with zero attached hydrogens (tertiary/aromatic N) is 1. The van der Waals surface area contributed by atoms with Gasteiger partial charge in [-0.05, 0) is 0 Å². The van der Waals surface area contributed by atoms with Crippen LogP contribution in [0, 0.1) is 12.3 Å². The summed E-state index contributed by atoms with van der Waals surface area (Å²) in [4.78, 5) is 38.8. The van der Waals surface area contributed by atoms with Crippen molar-refractivity contribution >= 4 is 17.8 Å². The summed E-state index contributed by atoms with van der Waals surface area (Å²) in [6.45, 7) is 5.76. The van der Waals surface area contributed by atoms with Crippen LogP contribution in [0.2, 0.25) is 0 Å². The molecule has 0 N–H and O–H groups in total. The Bertz CT molecular complexity index is 623. The number of hydrogen-bond donors (Lipinski definition) is 0. The molecule has 0 aromatic carbocycles. The van der Waals surface area contributed by atoms with Gasteiger partial charge in [-0.1, -0.05) is 5.92 Å². The first kappa shape index (κ1) is 31.9. The van der Waals surface area contributed by atoms with Crippen LogP contribution in [0.15, 0.2) is 0 Å². The maximum atomic E-state index is 11.5. The van der Waals surface area contributed by atoms with Crippen LogP contribution in [0.4, 0.5) is 0 Å². The quantitative estimate of drug-likeness (QED) is 0.0861. The monoisotopic (exact) mass is 519 g/mol. The van der Waals surface area contributed by atoms with Gasteiger partial charge in [0.25, 0.3) is 11.8 Å². The molecule has 13 heteroatoms. The molecule has 1 aliphatic heterocycles. The lowest BCUT2D eigenvalue weighted by Gasteiger charge is -2.12. The lowest BCUT2D eigenvalue weighted by molar-refractivity contribution is -0.200. The Morgan fingerprint density at radius 2 is 0.944 bits per heavy atom. The van der Waals surface area contributed by atoms with E-state index in [1.807, 2.05) is 0 Å². The van der Waals surface area contributed by atoms with Crippen molar-refractivity contribution in [3.05, 3.63) is 0 Å². The molecule has 36 heavy (non-hydrogen) atoms. The van der Waals surface area contributed by atoms with Crippen LogP contribution >= 0.6 is 0 Å². The number of hydrogen-bond acceptors (Lipinski definition) is 12. The van der Waals surface area contributed by atoms with Crippen LogP contribution in [0.3, 0.4) is 0 Å². The Kier molecular flexibility index (Phi) is 20.6. The second-order valence-corrected chi connectivity index (χ2v) is 7.03. The first-order valence-electron chi connectivity index (χ1n) is 11.8. The van der Waals surface area contributed by atoms with Crippen molar-refractivity contribution in [3.63, 3.8) is 0 Å². The highest BCUT2D eigenvalue weighted by Gasteiger charge is 2.32. The highest BCUT2D eigenvalue weighted by molar-refractivity contribution is 6.01. The molecule has 0 unspecified atom stereocenters. The molecule has 1 saturated heterocycles. The summed E-state index contributed by atoms with van der Waals surface area (Å²) in [6.07, 6.45) is 5.15. The zero-order valence-corrected chi connectivity index (χ0v) is 20.7. The summed E-state index contributed by atoms with van der Waals surface area (Å²) in [7, 11) is 0. The highest BCUT2D eigenvalue weighted by atomic mass is 16.7. The van der Waals surface area contributed by atoms with Crippen molar-refractivity contribution in [3.8, 4) is 12.3 Å². The average molecular weight is 520 g/mol. The molecule has 0 bridgehead atoms. The van der Waals surface area contributed by atoms with Crippen LogP contribution in [-0.4, -0.2) is 129 Å². The minimum atomic E-state index is -0.818. The van der Waals surface area contributed by atoms with Crippen molar-refractivity contribution in [2.75, 3.05) is 106 Å². The van der Waals surface area contributed by atoms with Gasteiger partial charge in [0.05, 0.1) is 92.5 Å². The maximum absolute atomic E-state index is 11.5. The van der Waals surface area contributed by atoms with Crippen molar-refractivity contribution in [1.82, 2.24) is 5.06 Å². The fraction of sp³-hybridized carbons (Fsp3) is 0.783. The fourth-order valence-corrected chi connectivity index (χ4v) is 2.51. The van der Waals surface area contributed by atoms with E-state index in [9.17, 15) is 14.4 Å². The van der Waals surface area contributed by atoms with Crippen LogP contribution in [-0.2, 0) is 57.1 Å². The van der Waals surface area contributed by atoms with Gasteiger partial charge < -0.3 is 42.7 Å². The van der Waals surface area contributed by atoms with E-state index in [0.717, 1.165) is 0 Å². The molecule has 206 valence electrons. The zero-order chi connectivity index (χ0) is 26.1. The van der Waals surface area contributed by atoms with E-state index in [1.54, 1.807) is 0 Å². The zero-order valence-electron chi connectivity index (χ0n) is 20.7. The number of carbonyl (C=O) groups excluding carboxylic acids is 3. The number of amides is 2. The van der Waals surface area contributed by atoms with Gasteiger partial charge in [-0.15, -0.1) is 11.5 Å². The third-order valence-electron chi connectivity index (χ3n) is 4.21. The summed E-state index contributed by atoms with van der Waals surface area (Å²) in [5, 5.41) is 0.480. The predicted molar refractivity (Wildman–Crippen MR) is 123 cm³/mol. The Hall–Kier alpha value is -2.15. The predicted octanol–water partition coefficient (Wildman–Crippen LogP) is -0.640. The van der Waals surface area contributed by atoms with Gasteiger partial charge in [-0.2, -0.15) is 0 Å². The topological polar surface area (TPSA) is 138 Å². The first-order valence-corrected chi connectivity index (χ1v) is 11.8. The van der Waals surface area contributed by atoms with Gasteiger partial charge in [0, 0.05) is 12.8 Å². The maximum Gasteiger partial charge on any atom is 0.358 e. The average Bonchev–Trinajstić information content (AvgIpc) is 3.18. The van der Waals surface area contributed by atoms with E-state index >= 15 is 0 Å². The smallest absolute Gasteiger partial charge is 0.358 e. The summed E-state index contributed by atoms with van der Waals surface area (Å²) >= 11 is 0. The number of carbonyl (C=O) groups is 3. The van der Waals surface area contributed by atoms with Crippen molar-refractivity contribution in [1.29, 1.82) is 0 Å². The molecule has 1 fully saturated rings. The summed E-state index contributed by atoms with van der Waals surface area (Å²) in [5.41, 5.74) is 0. The second-order valence-electron chi connectivity index (χ2n) is 7.03. The number of rotatable bonds is 25. The number of terminal acetylenes is 1. The van der Waals surface area contributed by atoms with E-state index in [2.05, 4.69) is 10.8 Å². The van der Waals surface area contributed by atoms with Gasteiger partial charge in [-0.25, -0.2) is 4.79 Å². The second kappa shape index (κ2) is 23.3. The molecule has 1 rings (SSSR count). The molecule has 2 amide bonds. The Morgan fingerprint density at radius 3 is 1.31 bits per heavy atom. The number of ether oxygens (including phenoxy) is 8. The highest BCUT2D eigenvalue weighted by Crippen LogP contribution is 2.11. The molecular weight excluding hydrogens is 482 g/mol. The normalized spacial score (nSPS) is 13.4. The molecule has 0 aliphatic carbocycles.